The Bertz CT molecular complexity index is 314. The first-order valence-corrected chi connectivity index (χ1v) is 5.96. The Balaban J connectivity index is 2.00. The fourth-order valence-electron chi connectivity index (χ4n) is 1.86. The van der Waals surface area contributed by atoms with Crippen molar-refractivity contribution in [3.63, 3.8) is 0 Å². The minimum Gasteiger partial charge on any atom is -0.376 e. The van der Waals surface area contributed by atoms with Gasteiger partial charge in [0.15, 0.2) is 0 Å². The summed E-state index contributed by atoms with van der Waals surface area (Å²) in [6.07, 6.45) is 3.56. The Hall–Kier alpha value is -0.640. The fourth-order valence-corrected chi connectivity index (χ4v) is 2.15. The van der Waals surface area contributed by atoms with Crippen LogP contribution >= 0.6 is 11.6 Å². The molecular weight excluding hydrogens is 226 g/mol. The van der Waals surface area contributed by atoms with E-state index in [0.29, 0.717) is 19.8 Å². The number of ether oxygens (including phenoxy) is 2. The molecule has 0 spiro atoms. The van der Waals surface area contributed by atoms with E-state index >= 15 is 0 Å². The molecule has 4 heteroatoms. The van der Waals surface area contributed by atoms with Crippen LogP contribution in [-0.2, 0) is 9.47 Å². The molecule has 1 aromatic heterocycles. The molecule has 1 aliphatic rings. The average Bonchev–Trinajstić information content (AvgIpc) is 2.39. The normalized spacial score (nSPS) is 25.0. The highest BCUT2D eigenvalue weighted by atomic mass is 35.5. The molecule has 0 radical (unpaired) electrons. The van der Waals surface area contributed by atoms with Gasteiger partial charge in [-0.05, 0) is 17.7 Å². The molecule has 2 heterocycles. The number of rotatable bonds is 3. The van der Waals surface area contributed by atoms with E-state index in [0.717, 1.165) is 0 Å². The second-order valence-corrected chi connectivity index (χ2v) is 4.50. The molecule has 3 nitrogen and oxygen atoms in total. The van der Waals surface area contributed by atoms with Crippen LogP contribution in [0.3, 0.4) is 0 Å². The number of hydrogen-bond donors (Lipinski definition) is 0. The van der Waals surface area contributed by atoms with Gasteiger partial charge in [0.1, 0.15) is 0 Å². The molecule has 1 aromatic rings. The van der Waals surface area contributed by atoms with Crippen LogP contribution in [-0.4, -0.2) is 36.3 Å². The van der Waals surface area contributed by atoms with Gasteiger partial charge in [-0.15, -0.1) is 11.6 Å². The van der Waals surface area contributed by atoms with Crippen molar-refractivity contribution in [2.75, 3.05) is 19.8 Å². The summed E-state index contributed by atoms with van der Waals surface area (Å²) in [6.45, 7) is 4.00. The van der Waals surface area contributed by atoms with E-state index < -0.39 is 0 Å². The molecule has 16 heavy (non-hydrogen) atoms. The van der Waals surface area contributed by atoms with Gasteiger partial charge < -0.3 is 9.47 Å². The minimum atomic E-state index is -0.0669. The summed E-state index contributed by atoms with van der Waals surface area (Å²) in [5, 5.41) is -0.0669. The predicted molar refractivity (Wildman–Crippen MR) is 62.9 cm³/mol. The number of aromatic nitrogens is 1. The Kier molecular flexibility index (Phi) is 4.16. The van der Waals surface area contributed by atoms with Crippen LogP contribution in [0.15, 0.2) is 24.5 Å². The van der Waals surface area contributed by atoms with Crippen LogP contribution in [0, 0.1) is 0 Å². The highest BCUT2D eigenvalue weighted by Gasteiger charge is 2.28. The maximum Gasteiger partial charge on any atom is 0.0978 e. The van der Waals surface area contributed by atoms with E-state index in [2.05, 4.69) is 11.9 Å². The number of halogens is 1. The van der Waals surface area contributed by atoms with Gasteiger partial charge in [-0.25, -0.2) is 0 Å². The standard InChI is InChI=1S/C12H16ClNO2/c1-9(10-2-4-14-5-3-10)12(13)11-8-15-6-7-16-11/h2-5,9,11-12H,6-8H2,1H3. The van der Waals surface area contributed by atoms with Crippen LogP contribution in [0.25, 0.3) is 0 Å². The molecule has 0 aliphatic carbocycles. The molecule has 1 saturated heterocycles. The highest BCUT2D eigenvalue weighted by Crippen LogP contribution is 2.27. The molecule has 3 unspecified atom stereocenters. The van der Waals surface area contributed by atoms with Crippen molar-refractivity contribution < 1.29 is 9.47 Å². The van der Waals surface area contributed by atoms with Crippen molar-refractivity contribution in [1.82, 2.24) is 4.98 Å². The summed E-state index contributed by atoms with van der Waals surface area (Å²) < 4.78 is 11.0. The SMILES string of the molecule is CC(c1ccncc1)C(Cl)C1COCCO1. The lowest BCUT2D eigenvalue weighted by Gasteiger charge is -2.30. The summed E-state index contributed by atoms with van der Waals surface area (Å²) in [6, 6.07) is 3.98. The Morgan fingerprint density at radius 2 is 2.12 bits per heavy atom. The van der Waals surface area contributed by atoms with Gasteiger partial charge in [0.2, 0.25) is 0 Å². The first-order chi connectivity index (χ1) is 7.79. The first-order valence-electron chi connectivity index (χ1n) is 5.52. The van der Waals surface area contributed by atoms with Gasteiger partial charge in [-0.3, -0.25) is 4.98 Å². The molecule has 0 amide bonds. The first kappa shape index (κ1) is 11.8. The monoisotopic (exact) mass is 241 g/mol. The third-order valence-corrected chi connectivity index (χ3v) is 3.57. The number of nitrogens with zero attached hydrogens (tertiary/aromatic N) is 1. The summed E-state index contributed by atoms with van der Waals surface area (Å²) in [5.74, 6) is 0.233. The lowest BCUT2D eigenvalue weighted by Crippen LogP contribution is -2.38. The maximum atomic E-state index is 6.42. The Labute approximate surface area is 101 Å². The molecule has 1 fully saturated rings. The third kappa shape index (κ3) is 2.73. The Morgan fingerprint density at radius 1 is 1.38 bits per heavy atom. The van der Waals surface area contributed by atoms with E-state index in [4.69, 9.17) is 21.1 Å². The van der Waals surface area contributed by atoms with Crippen LogP contribution in [0.4, 0.5) is 0 Å². The molecule has 0 N–H and O–H groups in total. The zero-order valence-electron chi connectivity index (χ0n) is 9.30. The third-order valence-electron chi connectivity index (χ3n) is 2.91. The lowest BCUT2D eigenvalue weighted by molar-refractivity contribution is -0.0905. The second kappa shape index (κ2) is 5.62. The van der Waals surface area contributed by atoms with E-state index in [1.54, 1.807) is 12.4 Å². The van der Waals surface area contributed by atoms with Crippen molar-refractivity contribution in [1.29, 1.82) is 0 Å². The highest BCUT2D eigenvalue weighted by molar-refractivity contribution is 6.21. The predicted octanol–water partition coefficient (Wildman–Crippen LogP) is 2.21. The fraction of sp³-hybridized carbons (Fsp3) is 0.583. The summed E-state index contributed by atoms with van der Waals surface area (Å²) in [5.41, 5.74) is 1.18. The van der Waals surface area contributed by atoms with Crippen molar-refractivity contribution in [2.45, 2.75) is 24.3 Å². The minimum absolute atomic E-state index is 0.0152. The average molecular weight is 242 g/mol. The molecule has 0 saturated carbocycles. The smallest absolute Gasteiger partial charge is 0.0978 e. The van der Waals surface area contributed by atoms with E-state index in [1.165, 1.54) is 5.56 Å². The summed E-state index contributed by atoms with van der Waals surface area (Å²) >= 11 is 6.42. The van der Waals surface area contributed by atoms with Crippen molar-refractivity contribution in [3.05, 3.63) is 30.1 Å². The van der Waals surface area contributed by atoms with Gasteiger partial charge in [-0.2, -0.15) is 0 Å². The van der Waals surface area contributed by atoms with E-state index in [1.807, 2.05) is 12.1 Å². The van der Waals surface area contributed by atoms with Crippen LogP contribution in [0.1, 0.15) is 18.4 Å². The van der Waals surface area contributed by atoms with E-state index in [9.17, 15) is 0 Å². The van der Waals surface area contributed by atoms with Gasteiger partial charge >= 0.3 is 0 Å². The zero-order chi connectivity index (χ0) is 11.4. The Morgan fingerprint density at radius 3 is 2.75 bits per heavy atom. The van der Waals surface area contributed by atoms with Gasteiger partial charge in [0.25, 0.3) is 0 Å². The van der Waals surface area contributed by atoms with Gasteiger partial charge in [0, 0.05) is 18.3 Å². The number of pyridine rings is 1. The molecule has 1 aliphatic heterocycles. The van der Waals surface area contributed by atoms with Crippen LogP contribution in [0.2, 0.25) is 0 Å². The molecule has 0 aromatic carbocycles. The maximum absolute atomic E-state index is 6.42. The van der Waals surface area contributed by atoms with Crippen LogP contribution < -0.4 is 0 Å². The quantitative estimate of drug-likeness (QED) is 0.761. The zero-order valence-corrected chi connectivity index (χ0v) is 10.1. The van der Waals surface area contributed by atoms with Crippen molar-refractivity contribution >= 4 is 11.6 Å². The van der Waals surface area contributed by atoms with Crippen molar-refractivity contribution in [3.8, 4) is 0 Å². The molecule has 0 bridgehead atoms. The number of alkyl halides is 1. The molecule has 3 atom stereocenters. The van der Waals surface area contributed by atoms with Crippen LogP contribution in [0.5, 0.6) is 0 Å². The lowest BCUT2D eigenvalue weighted by atomic mass is 9.95. The van der Waals surface area contributed by atoms with E-state index in [-0.39, 0.29) is 17.4 Å². The second-order valence-electron chi connectivity index (χ2n) is 4.00. The molecule has 88 valence electrons. The van der Waals surface area contributed by atoms with Gasteiger partial charge in [0.05, 0.1) is 31.3 Å². The molecular formula is C12H16ClNO2. The summed E-state index contributed by atoms with van der Waals surface area (Å²) in [4.78, 5) is 4.00. The van der Waals surface area contributed by atoms with Crippen molar-refractivity contribution in [2.24, 2.45) is 0 Å². The largest absolute Gasteiger partial charge is 0.376 e. The summed E-state index contributed by atoms with van der Waals surface area (Å²) in [7, 11) is 0. The molecule has 2 rings (SSSR count). The topological polar surface area (TPSA) is 31.4 Å². The number of hydrogen-bond acceptors (Lipinski definition) is 3. The van der Waals surface area contributed by atoms with Gasteiger partial charge in [-0.1, -0.05) is 6.92 Å².